The SMILES string of the molecule is CCCn1c(=O)c2sccc2n2c(=O)n(CC(=O)c3ccc(Br)cc3)nc12. The Labute approximate surface area is 165 Å². The summed E-state index contributed by atoms with van der Waals surface area (Å²) in [7, 11) is 0. The molecular formula is C18H15BrN4O3S. The molecular weight excluding hydrogens is 432 g/mol. The molecule has 0 aliphatic heterocycles. The first-order valence-corrected chi connectivity index (χ1v) is 10.1. The van der Waals surface area contributed by atoms with Gasteiger partial charge in [-0.15, -0.1) is 16.4 Å². The molecule has 3 heterocycles. The fraction of sp³-hybridized carbons (Fsp3) is 0.222. The number of carbonyl (C=O) groups excluding carboxylic acids is 1. The molecule has 0 unspecified atom stereocenters. The van der Waals surface area contributed by atoms with Gasteiger partial charge in [-0.25, -0.2) is 13.9 Å². The number of aryl methyl sites for hydroxylation is 1. The van der Waals surface area contributed by atoms with Crippen LogP contribution in [0.3, 0.4) is 0 Å². The minimum atomic E-state index is -0.427. The Morgan fingerprint density at radius 3 is 2.63 bits per heavy atom. The third-order valence-corrected chi connectivity index (χ3v) is 5.72. The summed E-state index contributed by atoms with van der Waals surface area (Å²) in [6.45, 7) is 2.22. The molecule has 3 aromatic heterocycles. The van der Waals surface area contributed by atoms with Gasteiger partial charge in [0.15, 0.2) is 5.78 Å². The number of halogens is 1. The lowest BCUT2D eigenvalue weighted by molar-refractivity contribution is 0.0966. The number of Topliss-reactive ketones (excluding diaryl/α,β-unsaturated/α-hetero) is 1. The lowest BCUT2D eigenvalue weighted by atomic mass is 10.1. The summed E-state index contributed by atoms with van der Waals surface area (Å²) in [5.74, 6) is 0.0420. The first kappa shape index (κ1) is 17.9. The van der Waals surface area contributed by atoms with Gasteiger partial charge in [0, 0.05) is 16.6 Å². The maximum absolute atomic E-state index is 12.9. The van der Waals surface area contributed by atoms with Crippen LogP contribution >= 0.6 is 27.3 Å². The topological polar surface area (TPSA) is 78.4 Å². The number of rotatable bonds is 5. The molecule has 0 spiro atoms. The van der Waals surface area contributed by atoms with Gasteiger partial charge in [-0.3, -0.25) is 14.2 Å². The van der Waals surface area contributed by atoms with Crippen molar-refractivity contribution in [3.05, 3.63) is 66.6 Å². The summed E-state index contributed by atoms with van der Waals surface area (Å²) in [4.78, 5) is 38.2. The number of fused-ring (bicyclic) bond motifs is 3. The predicted octanol–water partition coefficient (Wildman–Crippen LogP) is 2.93. The lowest BCUT2D eigenvalue weighted by Crippen LogP contribution is -2.27. The average Bonchev–Trinajstić information content (AvgIpc) is 3.25. The van der Waals surface area contributed by atoms with Crippen LogP contribution in [0.15, 0.2) is 49.8 Å². The van der Waals surface area contributed by atoms with E-state index >= 15 is 0 Å². The maximum atomic E-state index is 12.9. The number of nitrogens with zero attached hydrogens (tertiary/aromatic N) is 4. The van der Waals surface area contributed by atoms with Crippen molar-refractivity contribution in [3.8, 4) is 0 Å². The second-order valence-electron chi connectivity index (χ2n) is 6.10. The zero-order valence-electron chi connectivity index (χ0n) is 14.4. The summed E-state index contributed by atoms with van der Waals surface area (Å²) in [5.41, 5.74) is 0.433. The van der Waals surface area contributed by atoms with E-state index in [1.807, 2.05) is 6.92 Å². The summed E-state index contributed by atoms with van der Waals surface area (Å²) in [6.07, 6.45) is 0.728. The van der Waals surface area contributed by atoms with E-state index in [1.54, 1.807) is 35.7 Å². The first-order chi connectivity index (χ1) is 13.0. The molecule has 0 saturated carbocycles. The third kappa shape index (κ3) is 2.96. The molecule has 0 N–H and O–H groups in total. The molecule has 4 aromatic rings. The number of aromatic nitrogens is 4. The van der Waals surface area contributed by atoms with Crippen molar-refractivity contribution in [2.45, 2.75) is 26.4 Å². The highest BCUT2D eigenvalue weighted by molar-refractivity contribution is 9.10. The molecule has 1 aromatic carbocycles. The lowest BCUT2D eigenvalue weighted by Gasteiger charge is -2.05. The van der Waals surface area contributed by atoms with Gasteiger partial charge < -0.3 is 0 Å². The molecule has 0 radical (unpaired) electrons. The highest BCUT2D eigenvalue weighted by Crippen LogP contribution is 2.17. The Kier molecular flexibility index (Phi) is 4.56. The Hall–Kier alpha value is -2.52. The van der Waals surface area contributed by atoms with E-state index in [9.17, 15) is 14.4 Å². The Bertz CT molecular complexity index is 1280. The number of hydrogen-bond acceptors (Lipinski definition) is 5. The number of ketones is 1. The summed E-state index contributed by atoms with van der Waals surface area (Å²) in [6, 6.07) is 8.66. The van der Waals surface area contributed by atoms with Crippen LogP contribution in [-0.4, -0.2) is 24.5 Å². The second kappa shape index (κ2) is 6.90. The van der Waals surface area contributed by atoms with E-state index in [0.29, 0.717) is 22.3 Å². The molecule has 0 amide bonds. The standard InChI is InChI=1S/C18H15BrN4O3S/c1-2-8-21-16(25)15-13(7-9-27-15)23-17(21)20-22(18(23)26)10-14(24)11-3-5-12(19)6-4-11/h3-7,9H,2,8,10H2,1H3. The van der Waals surface area contributed by atoms with Gasteiger partial charge in [-0.05, 0) is 30.0 Å². The smallest absolute Gasteiger partial charge is 0.292 e. The van der Waals surface area contributed by atoms with Crippen LogP contribution in [0.25, 0.3) is 16.0 Å². The number of benzene rings is 1. The molecule has 0 atom stereocenters. The quantitative estimate of drug-likeness (QED) is 0.441. The van der Waals surface area contributed by atoms with Crippen LogP contribution < -0.4 is 11.2 Å². The van der Waals surface area contributed by atoms with Gasteiger partial charge in [-0.2, -0.15) is 0 Å². The predicted molar refractivity (Wildman–Crippen MR) is 108 cm³/mol. The largest absolute Gasteiger partial charge is 0.352 e. The van der Waals surface area contributed by atoms with Gasteiger partial charge >= 0.3 is 5.69 Å². The Balaban J connectivity index is 1.87. The Morgan fingerprint density at radius 2 is 1.93 bits per heavy atom. The van der Waals surface area contributed by atoms with Crippen molar-refractivity contribution >= 4 is 49.0 Å². The molecule has 4 rings (SSSR count). The van der Waals surface area contributed by atoms with Crippen LogP contribution in [0, 0.1) is 0 Å². The monoisotopic (exact) mass is 446 g/mol. The van der Waals surface area contributed by atoms with Crippen molar-refractivity contribution in [2.75, 3.05) is 0 Å². The fourth-order valence-electron chi connectivity index (χ4n) is 3.03. The number of thiophene rings is 1. The molecule has 138 valence electrons. The van der Waals surface area contributed by atoms with Crippen molar-refractivity contribution in [1.29, 1.82) is 0 Å². The normalized spacial score (nSPS) is 11.5. The van der Waals surface area contributed by atoms with E-state index in [4.69, 9.17) is 0 Å². The molecule has 0 bridgehead atoms. The first-order valence-electron chi connectivity index (χ1n) is 8.39. The van der Waals surface area contributed by atoms with E-state index in [2.05, 4.69) is 21.0 Å². The highest BCUT2D eigenvalue weighted by atomic mass is 79.9. The van der Waals surface area contributed by atoms with Gasteiger partial charge in [0.2, 0.25) is 5.78 Å². The minimum Gasteiger partial charge on any atom is -0.292 e. The van der Waals surface area contributed by atoms with Crippen LogP contribution in [0.1, 0.15) is 23.7 Å². The van der Waals surface area contributed by atoms with Crippen LogP contribution in [0.4, 0.5) is 0 Å². The Morgan fingerprint density at radius 1 is 1.19 bits per heavy atom. The maximum Gasteiger partial charge on any atom is 0.352 e. The van der Waals surface area contributed by atoms with E-state index < -0.39 is 5.69 Å². The van der Waals surface area contributed by atoms with Gasteiger partial charge in [0.1, 0.15) is 11.2 Å². The molecule has 9 heteroatoms. The van der Waals surface area contributed by atoms with Gasteiger partial charge in [0.25, 0.3) is 5.56 Å². The van der Waals surface area contributed by atoms with E-state index in [-0.39, 0.29) is 23.7 Å². The van der Waals surface area contributed by atoms with Crippen molar-refractivity contribution < 1.29 is 4.79 Å². The molecule has 0 aliphatic carbocycles. The molecule has 0 saturated heterocycles. The zero-order chi connectivity index (χ0) is 19.1. The summed E-state index contributed by atoms with van der Waals surface area (Å²) >= 11 is 4.63. The van der Waals surface area contributed by atoms with Crippen LogP contribution in [0.2, 0.25) is 0 Å². The number of hydrogen-bond donors (Lipinski definition) is 0. The molecule has 27 heavy (non-hydrogen) atoms. The molecule has 0 aliphatic rings. The van der Waals surface area contributed by atoms with Crippen molar-refractivity contribution in [1.82, 2.24) is 18.7 Å². The van der Waals surface area contributed by atoms with Gasteiger partial charge in [-0.1, -0.05) is 35.0 Å². The van der Waals surface area contributed by atoms with Crippen molar-refractivity contribution in [2.24, 2.45) is 0 Å². The highest BCUT2D eigenvalue weighted by Gasteiger charge is 2.19. The summed E-state index contributed by atoms with van der Waals surface area (Å²) < 4.78 is 5.42. The van der Waals surface area contributed by atoms with Crippen LogP contribution in [-0.2, 0) is 13.1 Å². The average molecular weight is 447 g/mol. The van der Waals surface area contributed by atoms with Crippen LogP contribution in [0.5, 0.6) is 0 Å². The second-order valence-corrected chi connectivity index (χ2v) is 7.93. The molecule has 0 fully saturated rings. The minimum absolute atomic E-state index is 0.161. The van der Waals surface area contributed by atoms with Gasteiger partial charge in [0.05, 0.1) is 5.52 Å². The molecule has 7 nitrogen and oxygen atoms in total. The van der Waals surface area contributed by atoms with E-state index in [0.717, 1.165) is 15.6 Å². The van der Waals surface area contributed by atoms with E-state index in [1.165, 1.54) is 20.3 Å². The van der Waals surface area contributed by atoms with Crippen molar-refractivity contribution in [3.63, 3.8) is 0 Å². The number of carbonyl (C=O) groups is 1. The summed E-state index contributed by atoms with van der Waals surface area (Å²) in [5, 5.41) is 6.09. The zero-order valence-corrected chi connectivity index (χ0v) is 16.8. The third-order valence-electron chi connectivity index (χ3n) is 4.30. The fourth-order valence-corrected chi connectivity index (χ4v) is 4.11.